The molecule has 174 valence electrons. The van der Waals surface area contributed by atoms with Crippen LogP contribution in [-0.2, 0) is 11.8 Å². The fraction of sp³-hybridized carbons (Fsp3) is 0.250. The Morgan fingerprint density at radius 2 is 1.71 bits per heavy atom. The summed E-state index contributed by atoms with van der Waals surface area (Å²) in [5.41, 5.74) is 4.24. The number of para-hydroxylation sites is 1. The van der Waals surface area contributed by atoms with Gasteiger partial charge in [-0.1, -0.05) is 48.0 Å². The Morgan fingerprint density at radius 1 is 0.971 bits per heavy atom. The van der Waals surface area contributed by atoms with E-state index in [1.165, 1.54) is 12.1 Å². The van der Waals surface area contributed by atoms with E-state index in [1.54, 1.807) is 12.1 Å². The van der Waals surface area contributed by atoms with E-state index in [-0.39, 0.29) is 17.6 Å². The molecule has 0 N–H and O–H groups in total. The van der Waals surface area contributed by atoms with Crippen molar-refractivity contribution in [2.45, 2.75) is 12.3 Å². The van der Waals surface area contributed by atoms with Gasteiger partial charge in [-0.2, -0.15) is 0 Å². The average molecular weight is 476 g/mol. The Morgan fingerprint density at radius 3 is 2.44 bits per heavy atom. The van der Waals surface area contributed by atoms with Gasteiger partial charge in [0, 0.05) is 73.4 Å². The van der Waals surface area contributed by atoms with E-state index in [2.05, 4.69) is 33.9 Å². The maximum Gasteiger partial charge on any atom is 0.223 e. The molecule has 0 aliphatic carbocycles. The van der Waals surface area contributed by atoms with Gasteiger partial charge in [0.1, 0.15) is 5.82 Å². The number of fused-ring (bicyclic) bond motifs is 1. The van der Waals surface area contributed by atoms with E-state index < -0.39 is 0 Å². The summed E-state index contributed by atoms with van der Waals surface area (Å²) in [5, 5.41) is 1.84. The summed E-state index contributed by atoms with van der Waals surface area (Å²) in [7, 11) is 2.02. The molecule has 1 aliphatic rings. The molecule has 4 aromatic rings. The van der Waals surface area contributed by atoms with Gasteiger partial charge in [-0.3, -0.25) is 4.79 Å². The molecule has 4 nitrogen and oxygen atoms in total. The number of carbonyl (C=O) groups is 1. The molecule has 1 aliphatic heterocycles. The van der Waals surface area contributed by atoms with Crippen LogP contribution in [0.2, 0.25) is 5.02 Å². The van der Waals surface area contributed by atoms with Crippen molar-refractivity contribution in [3.05, 3.63) is 101 Å². The van der Waals surface area contributed by atoms with Gasteiger partial charge in [-0.15, -0.1) is 0 Å². The standard InChI is InChI=1S/C28H27ClFN3O/c1-31-19-26(24-7-2-3-8-27(24)31)25(20-9-11-22(30)12-10-20)18-28(34)33-15-13-32(14-16-33)23-6-4-5-21(29)17-23/h2-12,17,19,25H,13-16,18H2,1H3. The van der Waals surface area contributed by atoms with E-state index in [9.17, 15) is 9.18 Å². The van der Waals surface area contributed by atoms with Gasteiger partial charge < -0.3 is 14.4 Å². The first-order valence-corrected chi connectivity index (χ1v) is 11.9. The number of hydrogen-bond acceptors (Lipinski definition) is 2. The highest BCUT2D eigenvalue weighted by Crippen LogP contribution is 2.35. The molecule has 1 unspecified atom stereocenters. The number of aromatic nitrogens is 1. The van der Waals surface area contributed by atoms with Gasteiger partial charge in [0.2, 0.25) is 5.91 Å². The average Bonchev–Trinajstić information content (AvgIpc) is 3.19. The minimum Gasteiger partial charge on any atom is -0.368 e. The van der Waals surface area contributed by atoms with Crippen molar-refractivity contribution in [2.24, 2.45) is 7.05 Å². The molecule has 0 radical (unpaired) electrons. The second kappa shape index (κ2) is 9.51. The fourth-order valence-electron chi connectivity index (χ4n) is 4.94. The quantitative estimate of drug-likeness (QED) is 0.362. The topological polar surface area (TPSA) is 28.5 Å². The highest BCUT2D eigenvalue weighted by atomic mass is 35.5. The van der Waals surface area contributed by atoms with E-state index in [1.807, 2.05) is 42.3 Å². The Kier molecular flexibility index (Phi) is 6.29. The van der Waals surface area contributed by atoms with Crippen molar-refractivity contribution < 1.29 is 9.18 Å². The number of rotatable bonds is 5. The Hall–Kier alpha value is -3.31. The van der Waals surface area contributed by atoms with Crippen LogP contribution >= 0.6 is 11.6 Å². The third-order valence-electron chi connectivity index (χ3n) is 6.76. The van der Waals surface area contributed by atoms with Crippen LogP contribution < -0.4 is 4.90 Å². The Bertz CT molecular complexity index is 1310. The summed E-state index contributed by atoms with van der Waals surface area (Å²) in [6.07, 6.45) is 2.44. The Balaban J connectivity index is 1.37. The minimum absolute atomic E-state index is 0.119. The lowest BCUT2D eigenvalue weighted by atomic mass is 9.87. The first kappa shape index (κ1) is 22.5. The highest BCUT2D eigenvalue weighted by Gasteiger charge is 2.27. The zero-order valence-corrected chi connectivity index (χ0v) is 19.9. The summed E-state index contributed by atoms with van der Waals surface area (Å²) in [6, 6.07) is 22.6. The van der Waals surface area contributed by atoms with Crippen molar-refractivity contribution in [2.75, 3.05) is 31.1 Å². The van der Waals surface area contributed by atoms with Crippen molar-refractivity contribution in [3.8, 4) is 0 Å². The first-order valence-electron chi connectivity index (χ1n) is 11.6. The lowest BCUT2D eigenvalue weighted by molar-refractivity contribution is -0.131. The number of carbonyl (C=O) groups excluding carboxylic acids is 1. The van der Waals surface area contributed by atoms with Crippen LogP contribution in [-0.4, -0.2) is 41.6 Å². The molecular formula is C28H27ClFN3O. The molecule has 34 heavy (non-hydrogen) atoms. The van der Waals surface area contributed by atoms with E-state index in [0.717, 1.165) is 40.8 Å². The Labute approximate surface area is 204 Å². The second-order valence-corrected chi connectivity index (χ2v) is 9.30. The number of amides is 1. The molecule has 0 spiro atoms. The summed E-state index contributed by atoms with van der Waals surface area (Å²) in [4.78, 5) is 17.7. The minimum atomic E-state index is -0.274. The zero-order valence-electron chi connectivity index (χ0n) is 19.1. The van der Waals surface area contributed by atoms with Crippen LogP contribution in [0.3, 0.4) is 0 Å². The summed E-state index contributed by atoms with van der Waals surface area (Å²) < 4.78 is 15.8. The van der Waals surface area contributed by atoms with Crippen molar-refractivity contribution in [1.82, 2.24) is 9.47 Å². The second-order valence-electron chi connectivity index (χ2n) is 8.87. The number of piperazine rings is 1. The molecule has 1 saturated heterocycles. The molecule has 0 saturated carbocycles. The summed E-state index contributed by atoms with van der Waals surface area (Å²) in [5.74, 6) is -0.304. The lowest BCUT2D eigenvalue weighted by Crippen LogP contribution is -2.49. The summed E-state index contributed by atoms with van der Waals surface area (Å²) in [6.45, 7) is 2.86. The fourth-order valence-corrected chi connectivity index (χ4v) is 5.13. The van der Waals surface area contributed by atoms with Crippen molar-refractivity contribution >= 4 is 34.1 Å². The van der Waals surface area contributed by atoms with Crippen molar-refractivity contribution in [3.63, 3.8) is 0 Å². The van der Waals surface area contributed by atoms with Gasteiger partial charge >= 0.3 is 0 Å². The molecule has 1 atom stereocenters. The summed E-state index contributed by atoms with van der Waals surface area (Å²) >= 11 is 6.15. The smallest absolute Gasteiger partial charge is 0.223 e. The highest BCUT2D eigenvalue weighted by molar-refractivity contribution is 6.30. The molecule has 1 aromatic heterocycles. The first-order chi connectivity index (χ1) is 16.5. The predicted molar refractivity (Wildman–Crippen MR) is 136 cm³/mol. The molecule has 1 fully saturated rings. The largest absolute Gasteiger partial charge is 0.368 e. The number of aryl methyl sites for hydroxylation is 1. The molecule has 3 aromatic carbocycles. The van der Waals surface area contributed by atoms with Crippen LogP contribution in [0.25, 0.3) is 10.9 Å². The number of nitrogens with zero attached hydrogens (tertiary/aromatic N) is 3. The van der Waals surface area contributed by atoms with Crippen LogP contribution in [0.15, 0.2) is 79.0 Å². The van der Waals surface area contributed by atoms with Gasteiger partial charge in [-0.05, 0) is 47.5 Å². The maximum atomic E-state index is 13.7. The van der Waals surface area contributed by atoms with E-state index >= 15 is 0 Å². The lowest BCUT2D eigenvalue weighted by Gasteiger charge is -2.36. The monoisotopic (exact) mass is 475 g/mol. The van der Waals surface area contributed by atoms with Gasteiger partial charge in [-0.25, -0.2) is 4.39 Å². The van der Waals surface area contributed by atoms with Crippen LogP contribution in [0.5, 0.6) is 0 Å². The molecule has 6 heteroatoms. The molecule has 1 amide bonds. The molecule has 2 heterocycles. The van der Waals surface area contributed by atoms with E-state index in [4.69, 9.17) is 11.6 Å². The molecule has 5 rings (SSSR count). The molecule has 0 bridgehead atoms. The van der Waals surface area contributed by atoms with Crippen LogP contribution in [0, 0.1) is 5.82 Å². The van der Waals surface area contributed by atoms with Gasteiger partial charge in [0.25, 0.3) is 0 Å². The normalized spacial score (nSPS) is 15.0. The SMILES string of the molecule is Cn1cc(C(CC(=O)N2CCN(c3cccc(Cl)c3)CC2)c2ccc(F)cc2)c2ccccc21. The van der Waals surface area contributed by atoms with Crippen LogP contribution in [0.1, 0.15) is 23.5 Å². The maximum absolute atomic E-state index is 13.7. The number of hydrogen-bond donors (Lipinski definition) is 0. The number of halogens is 2. The third-order valence-corrected chi connectivity index (χ3v) is 7.00. The van der Waals surface area contributed by atoms with E-state index in [0.29, 0.717) is 24.5 Å². The number of benzene rings is 3. The third kappa shape index (κ3) is 4.53. The number of anilines is 1. The zero-order chi connectivity index (χ0) is 23.7. The van der Waals surface area contributed by atoms with Crippen LogP contribution in [0.4, 0.5) is 10.1 Å². The van der Waals surface area contributed by atoms with Crippen molar-refractivity contribution in [1.29, 1.82) is 0 Å². The predicted octanol–water partition coefficient (Wildman–Crippen LogP) is 5.84. The van der Waals surface area contributed by atoms with Gasteiger partial charge in [0.05, 0.1) is 0 Å². The molecular weight excluding hydrogens is 449 g/mol. The van der Waals surface area contributed by atoms with Gasteiger partial charge in [0.15, 0.2) is 0 Å².